The van der Waals surface area contributed by atoms with Crippen molar-refractivity contribution in [1.29, 1.82) is 5.26 Å². The minimum Gasteiger partial charge on any atom is -0.405 e. The normalized spacial score (nSPS) is 33.1. The summed E-state index contributed by atoms with van der Waals surface area (Å²) in [5.74, 6) is 1.99. The minimum atomic E-state index is -4.80. The van der Waals surface area contributed by atoms with Gasteiger partial charge in [0.2, 0.25) is 5.95 Å². The van der Waals surface area contributed by atoms with Gasteiger partial charge in [0.15, 0.2) is 0 Å². The lowest BCUT2D eigenvalue weighted by Gasteiger charge is -2.62. The summed E-state index contributed by atoms with van der Waals surface area (Å²) in [6, 6.07) is 8.39. The molecule has 7 atom stereocenters. The summed E-state index contributed by atoms with van der Waals surface area (Å²) in [6.45, 7) is 1.74. The number of hydrogen-bond acceptors (Lipinski definition) is 9. The number of benzene rings is 1. The van der Waals surface area contributed by atoms with Gasteiger partial charge >= 0.3 is 6.36 Å². The number of halogens is 3. The second-order valence-electron chi connectivity index (χ2n) is 12.0. The molecule has 4 N–H and O–H groups in total. The van der Waals surface area contributed by atoms with Gasteiger partial charge in [-0.1, -0.05) is 18.2 Å². The SMILES string of the molecule is N#Cc1cnc(NCc2ccccc2OC(F)(F)F)nc1NC[C@@]12CC3C[C@H](C1)[C@@H](N1CC(O)C(O)C1)[C@@H](C3)C2. The van der Waals surface area contributed by atoms with Gasteiger partial charge in [0.1, 0.15) is 23.2 Å². The quantitative estimate of drug-likeness (QED) is 0.385. The van der Waals surface area contributed by atoms with Crippen molar-refractivity contribution in [1.82, 2.24) is 14.9 Å². The van der Waals surface area contributed by atoms with Crippen LogP contribution in [0.2, 0.25) is 0 Å². The van der Waals surface area contributed by atoms with Crippen molar-refractivity contribution in [3.8, 4) is 11.8 Å². The van der Waals surface area contributed by atoms with Gasteiger partial charge in [-0.3, -0.25) is 4.90 Å². The van der Waals surface area contributed by atoms with E-state index in [9.17, 15) is 28.6 Å². The van der Waals surface area contributed by atoms with Crippen molar-refractivity contribution >= 4 is 11.8 Å². The second kappa shape index (κ2) is 10.4. The molecule has 9 nitrogen and oxygen atoms in total. The Bertz CT molecular complexity index is 1260. The number of alkyl halides is 3. The number of aromatic nitrogens is 2. The zero-order valence-electron chi connectivity index (χ0n) is 21.9. The Morgan fingerprint density at radius 3 is 2.45 bits per heavy atom. The molecule has 1 saturated heterocycles. The highest BCUT2D eigenvalue weighted by Gasteiger charge is 2.57. The van der Waals surface area contributed by atoms with Crippen molar-refractivity contribution in [2.24, 2.45) is 23.2 Å². The van der Waals surface area contributed by atoms with Crippen molar-refractivity contribution in [2.75, 3.05) is 30.3 Å². The van der Waals surface area contributed by atoms with Gasteiger partial charge in [0.05, 0.1) is 18.4 Å². The molecule has 4 bridgehead atoms. The first-order valence-corrected chi connectivity index (χ1v) is 13.8. The highest BCUT2D eigenvalue weighted by Crippen LogP contribution is 2.61. The Labute approximate surface area is 230 Å². The van der Waals surface area contributed by atoms with Crippen molar-refractivity contribution in [3.05, 3.63) is 41.6 Å². The zero-order chi connectivity index (χ0) is 28.1. The van der Waals surface area contributed by atoms with Crippen LogP contribution >= 0.6 is 0 Å². The molecule has 1 aromatic carbocycles. The molecule has 4 aliphatic carbocycles. The molecule has 0 radical (unpaired) electrons. The first-order chi connectivity index (χ1) is 19.1. The molecule has 5 fully saturated rings. The fraction of sp³-hybridized carbons (Fsp3) is 0.607. The third kappa shape index (κ3) is 5.42. The summed E-state index contributed by atoms with van der Waals surface area (Å²) in [4.78, 5) is 11.0. The molecule has 0 spiro atoms. The molecule has 40 heavy (non-hydrogen) atoms. The smallest absolute Gasteiger partial charge is 0.405 e. The van der Waals surface area contributed by atoms with Gasteiger partial charge in [-0.05, 0) is 61.3 Å². The number of anilines is 2. The number of β-amino-alcohol motifs (C(OH)–C–C–N with tert-alkyl or cyclic N) is 2. The van der Waals surface area contributed by atoms with E-state index in [2.05, 4.69) is 36.3 Å². The van der Waals surface area contributed by atoms with Gasteiger partial charge in [-0.25, -0.2) is 4.98 Å². The van der Waals surface area contributed by atoms with Crippen LogP contribution in [0.15, 0.2) is 30.5 Å². The van der Waals surface area contributed by atoms with Crippen LogP contribution in [0.5, 0.6) is 5.75 Å². The molecule has 1 aromatic heterocycles. The van der Waals surface area contributed by atoms with Crippen LogP contribution in [0.3, 0.4) is 0 Å². The van der Waals surface area contributed by atoms with E-state index in [0.29, 0.717) is 60.4 Å². The van der Waals surface area contributed by atoms with E-state index in [1.165, 1.54) is 37.2 Å². The maximum absolute atomic E-state index is 12.8. The number of ether oxygens (including phenoxy) is 1. The van der Waals surface area contributed by atoms with Crippen molar-refractivity contribution < 1.29 is 28.1 Å². The fourth-order valence-electron chi connectivity index (χ4n) is 8.02. The molecular formula is C28H33F3N6O3. The van der Waals surface area contributed by atoms with Gasteiger partial charge in [-0.15, -0.1) is 13.2 Å². The van der Waals surface area contributed by atoms with E-state index < -0.39 is 18.6 Å². The molecule has 1 aliphatic heterocycles. The number of likely N-dealkylation sites (tertiary alicyclic amines) is 1. The first-order valence-electron chi connectivity index (χ1n) is 13.8. The zero-order valence-corrected chi connectivity index (χ0v) is 21.9. The first kappa shape index (κ1) is 27.1. The van der Waals surface area contributed by atoms with Crippen molar-refractivity contribution in [3.63, 3.8) is 0 Å². The van der Waals surface area contributed by atoms with E-state index in [0.717, 1.165) is 19.3 Å². The molecule has 214 valence electrons. The summed E-state index contributed by atoms with van der Waals surface area (Å²) in [6.07, 6.45) is 0.836. The Balaban J connectivity index is 1.13. The Kier molecular flexibility index (Phi) is 7.01. The predicted octanol–water partition coefficient (Wildman–Crippen LogP) is 3.50. The van der Waals surface area contributed by atoms with Gasteiger partial charge < -0.3 is 25.6 Å². The third-order valence-electron chi connectivity index (χ3n) is 9.23. The van der Waals surface area contributed by atoms with Crippen LogP contribution in [0.4, 0.5) is 24.9 Å². The number of rotatable bonds is 8. The van der Waals surface area contributed by atoms with Crippen LogP contribution in [-0.4, -0.2) is 69.3 Å². The topological polar surface area (TPSA) is 127 Å². The summed E-state index contributed by atoms with van der Waals surface area (Å²) in [7, 11) is 0. The summed E-state index contributed by atoms with van der Waals surface area (Å²) in [5.41, 5.74) is 0.681. The Morgan fingerprint density at radius 1 is 1.07 bits per heavy atom. The molecule has 5 aliphatic rings. The molecule has 4 saturated carbocycles. The molecule has 12 heteroatoms. The Hall–Kier alpha value is -3.14. The summed E-state index contributed by atoms with van der Waals surface area (Å²) >= 11 is 0. The molecule has 7 rings (SSSR count). The highest BCUT2D eigenvalue weighted by molar-refractivity contribution is 5.53. The van der Waals surface area contributed by atoms with E-state index in [1.54, 1.807) is 6.07 Å². The summed E-state index contributed by atoms with van der Waals surface area (Å²) < 4.78 is 42.5. The summed E-state index contributed by atoms with van der Waals surface area (Å²) in [5, 5.41) is 36.3. The molecule has 2 heterocycles. The number of aliphatic hydroxyl groups excluding tert-OH is 2. The number of para-hydroxylation sites is 1. The standard InChI is InChI=1S/C28H33F3N6O3/c29-28(30,31)40-23-4-2-1-3-17(23)11-33-26-34-12-20(10-32)25(36-26)35-15-27-7-16-5-18(8-27)24(19(6-16)9-27)37-13-21(38)22(39)14-37/h1-4,12,16,18-19,21-22,24,38-39H,5-9,11,13-15H2,(H2,33,34,35,36)/t16?,18-,19+,21?,22?,24-,27+. The monoisotopic (exact) mass is 558 g/mol. The molecular weight excluding hydrogens is 525 g/mol. The maximum atomic E-state index is 12.8. The second-order valence-corrected chi connectivity index (χ2v) is 12.0. The average molecular weight is 559 g/mol. The van der Waals surface area contributed by atoms with E-state index in [-0.39, 0.29) is 23.7 Å². The maximum Gasteiger partial charge on any atom is 0.573 e. The van der Waals surface area contributed by atoms with Gasteiger partial charge in [-0.2, -0.15) is 10.2 Å². The predicted molar refractivity (Wildman–Crippen MR) is 139 cm³/mol. The van der Waals surface area contributed by atoms with Gasteiger partial charge in [0.25, 0.3) is 0 Å². The van der Waals surface area contributed by atoms with E-state index >= 15 is 0 Å². The van der Waals surface area contributed by atoms with E-state index in [4.69, 9.17) is 0 Å². The number of nitrogens with zero attached hydrogens (tertiary/aromatic N) is 4. The lowest BCUT2D eigenvalue weighted by atomic mass is 9.47. The molecule has 3 unspecified atom stereocenters. The van der Waals surface area contributed by atoms with Crippen LogP contribution < -0.4 is 15.4 Å². The van der Waals surface area contributed by atoms with Crippen LogP contribution in [0.25, 0.3) is 0 Å². The highest BCUT2D eigenvalue weighted by atomic mass is 19.4. The third-order valence-corrected chi connectivity index (χ3v) is 9.23. The van der Waals surface area contributed by atoms with Crippen molar-refractivity contribution in [2.45, 2.75) is 63.3 Å². The minimum absolute atomic E-state index is 0.00779. The van der Waals surface area contributed by atoms with Gasteiger partial charge in [0, 0.05) is 37.8 Å². The lowest BCUT2D eigenvalue weighted by Crippen LogP contribution is -2.60. The van der Waals surface area contributed by atoms with Crippen LogP contribution in [0, 0.1) is 34.5 Å². The number of nitriles is 1. The van der Waals surface area contributed by atoms with Crippen LogP contribution in [0.1, 0.15) is 43.2 Å². The number of hydrogen-bond donors (Lipinski definition) is 4. The largest absolute Gasteiger partial charge is 0.573 e. The number of nitrogens with one attached hydrogen (secondary N) is 2. The number of aliphatic hydroxyl groups is 2. The lowest BCUT2D eigenvalue weighted by molar-refractivity contribution is -0.274. The molecule has 2 aromatic rings. The average Bonchev–Trinajstić information content (AvgIpc) is 3.23. The van der Waals surface area contributed by atoms with E-state index in [1.807, 2.05) is 0 Å². The van der Waals surface area contributed by atoms with Crippen LogP contribution in [-0.2, 0) is 6.54 Å². The fourth-order valence-corrected chi connectivity index (χ4v) is 8.02. The molecule has 0 amide bonds. The Morgan fingerprint density at radius 2 is 1.77 bits per heavy atom.